The number of ether oxygens (including phenoxy) is 4. The molecule has 186 valence electrons. The molecule has 35 heavy (non-hydrogen) atoms. The second kappa shape index (κ2) is 13.6. The van der Waals surface area contributed by atoms with Crippen molar-refractivity contribution < 1.29 is 38.4 Å². The number of rotatable bonds is 12. The summed E-state index contributed by atoms with van der Waals surface area (Å²) < 4.78 is 21.1. The number of aliphatic hydroxyl groups is 1. The van der Waals surface area contributed by atoms with Gasteiger partial charge in [0.15, 0.2) is 34.6 Å². The van der Waals surface area contributed by atoms with Crippen LogP contribution in [0.1, 0.15) is 17.5 Å². The van der Waals surface area contributed by atoms with Crippen LogP contribution in [0.3, 0.4) is 0 Å². The number of carbonyl (C=O) groups is 3. The van der Waals surface area contributed by atoms with E-state index >= 15 is 0 Å². The normalized spacial score (nSPS) is 10.9. The summed E-state index contributed by atoms with van der Waals surface area (Å²) in [6.07, 6.45) is 4.93. The van der Waals surface area contributed by atoms with Crippen LogP contribution in [0.2, 0.25) is 0 Å². The Morgan fingerprint density at radius 1 is 0.829 bits per heavy atom. The van der Waals surface area contributed by atoms with E-state index in [-0.39, 0.29) is 37.0 Å². The number of hydrogen-bond acceptors (Lipinski definition) is 8. The third-order valence-electron chi connectivity index (χ3n) is 4.56. The summed E-state index contributed by atoms with van der Waals surface area (Å²) in [5, 5.41) is 8.88. The lowest BCUT2D eigenvalue weighted by Crippen LogP contribution is -2.25. The molecule has 2 rings (SSSR count). The average Bonchev–Trinajstić information content (AvgIpc) is 2.85. The molecule has 0 fully saturated rings. The minimum absolute atomic E-state index is 0.118. The van der Waals surface area contributed by atoms with Gasteiger partial charge in [-0.2, -0.15) is 0 Å². The summed E-state index contributed by atoms with van der Waals surface area (Å²) in [4.78, 5) is 37.5. The molecule has 0 aliphatic carbocycles. The lowest BCUT2D eigenvalue weighted by atomic mass is 10.1. The van der Waals surface area contributed by atoms with Crippen molar-refractivity contribution >= 4 is 29.8 Å². The molecular weight excluding hydrogens is 454 g/mol. The third-order valence-corrected chi connectivity index (χ3v) is 4.56. The Morgan fingerprint density at radius 3 is 1.83 bits per heavy atom. The zero-order valence-corrected chi connectivity index (χ0v) is 20.1. The maximum absolute atomic E-state index is 12.2. The van der Waals surface area contributed by atoms with Gasteiger partial charge in [0.2, 0.25) is 0 Å². The highest BCUT2D eigenvalue weighted by molar-refractivity contribution is 6.10. The number of benzene rings is 2. The van der Waals surface area contributed by atoms with Gasteiger partial charge in [-0.1, -0.05) is 24.3 Å². The van der Waals surface area contributed by atoms with E-state index in [1.807, 2.05) is 0 Å². The highest BCUT2D eigenvalue weighted by Crippen LogP contribution is 2.29. The first-order chi connectivity index (χ1) is 16.8. The van der Waals surface area contributed by atoms with E-state index in [2.05, 4.69) is 0 Å². The molecule has 0 radical (unpaired) electrons. The second-order valence-corrected chi connectivity index (χ2v) is 7.43. The Labute approximate surface area is 204 Å². The summed E-state index contributed by atoms with van der Waals surface area (Å²) in [5.41, 5.74) is 1.33. The second-order valence-electron chi connectivity index (χ2n) is 7.43. The van der Waals surface area contributed by atoms with E-state index in [1.165, 1.54) is 31.3 Å². The topological polar surface area (TPSA) is 112 Å². The Morgan fingerprint density at radius 2 is 1.34 bits per heavy atom. The van der Waals surface area contributed by atoms with Crippen LogP contribution >= 0.6 is 0 Å². The molecule has 0 aliphatic rings. The Bertz CT molecular complexity index is 1100. The third kappa shape index (κ3) is 8.63. The van der Waals surface area contributed by atoms with Crippen LogP contribution in [-0.4, -0.2) is 69.2 Å². The zero-order chi connectivity index (χ0) is 25.8. The van der Waals surface area contributed by atoms with Gasteiger partial charge in [-0.05, 0) is 47.5 Å². The fourth-order valence-corrected chi connectivity index (χ4v) is 2.79. The van der Waals surface area contributed by atoms with Gasteiger partial charge >= 0.3 is 6.09 Å². The number of carbonyl (C=O) groups excluding carboxylic acids is 3. The Hall–Kier alpha value is -4.11. The van der Waals surface area contributed by atoms with Crippen molar-refractivity contribution in [2.45, 2.75) is 6.42 Å². The summed E-state index contributed by atoms with van der Waals surface area (Å²) >= 11 is 0. The van der Waals surface area contributed by atoms with E-state index in [0.29, 0.717) is 28.4 Å². The molecule has 0 spiro atoms. The molecule has 0 saturated carbocycles. The lowest BCUT2D eigenvalue weighted by molar-refractivity contribution is -0.121. The number of hydrogen-bond donors (Lipinski definition) is 1. The molecule has 0 saturated heterocycles. The molecule has 2 aromatic rings. The lowest BCUT2D eigenvalue weighted by Gasteiger charge is -2.13. The van der Waals surface area contributed by atoms with E-state index in [4.69, 9.17) is 24.1 Å². The maximum Gasteiger partial charge on any atom is 0.414 e. The van der Waals surface area contributed by atoms with Crippen LogP contribution in [-0.2, 0) is 9.59 Å². The summed E-state index contributed by atoms with van der Waals surface area (Å²) in [6.45, 7) is 0.0212. The van der Waals surface area contributed by atoms with Crippen molar-refractivity contribution in [2.24, 2.45) is 0 Å². The largest absolute Gasteiger partial charge is 0.493 e. The van der Waals surface area contributed by atoms with E-state index in [0.717, 1.165) is 0 Å². The van der Waals surface area contributed by atoms with Crippen LogP contribution in [0, 0.1) is 0 Å². The molecule has 9 nitrogen and oxygen atoms in total. The van der Waals surface area contributed by atoms with E-state index < -0.39 is 6.09 Å². The minimum Gasteiger partial charge on any atom is -0.493 e. The van der Waals surface area contributed by atoms with Crippen LogP contribution in [0.5, 0.6) is 23.0 Å². The fourth-order valence-electron chi connectivity index (χ4n) is 2.79. The van der Waals surface area contributed by atoms with Crippen molar-refractivity contribution in [3.05, 3.63) is 59.7 Å². The van der Waals surface area contributed by atoms with E-state index in [9.17, 15) is 14.4 Å². The molecule has 0 unspecified atom stereocenters. The SMILES string of the molecule is COc1cc(/C=C/C(=O)CC(=O)/C=C/c2ccc(OC(=O)N(C)C)c(OC)c2)ccc1OCCO. The fraction of sp³-hybridized carbons (Fsp3) is 0.269. The standard InChI is InChI=1S/C26H29NO8/c1-27(2)26(31)35-23-12-8-19(16-25(23)33-4)6-10-21(30)17-20(29)9-5-18-7-11-22(34-14-13-28)24(15-18)32-3/h5-12,15-16,28H,13-14,17H2,1-4H3/b9-5+,10-6+. The Balaban J connectivity index is 1.98. The van der Waals surface area contributed by atoms with Crippen molar-refractivity contribution in [1.82, 2.24) is 4.90 Å². The predicted octanol–water partition coefficient (Wildman–Crippen LogP) is 3.39. The molecule has 1 amide bonds. The van der Waals surface area contributed by atoms with Gasteiger partial charge in [-0.25, -0.2) is 4.79 Å². The van der Waals surface area contributed by atoms with E-state index in [1.54, 1.807) is 62.6 Å². The molecular formula is C26H29NO8. The summed E-state index contributed by atoms with van der Waals surface area (Å²) in [7, 11) is 6.06. The van der Waals surface area contributed by atoms with Crippen molar-refractivity contribution in [1.29, 1.82) is 0 Å². The molecule has 9 heteroatoms. The number of ketones is 2. The quantitative estimate of drug-likeness (QED) is 0.361. The highest BCUT2D eigenvalue weighted by Gasteiger charge is 2.12. The van der Waals surface area contributed by atoms with Crippen LogP contribution in [0.15, 0.2) is 48.6 Å². The predicted molar refractivity (Wildman–Crippen MR) is 131 cm³/mol. The molecule has 2 aromatic carbocycles. The molecule has 0 atom stereocenters. The van der Waals surface area contributed by atoms with Gasteiger partial charge < -0.3 is 29.0 Å². The number of methoxy groups -OCH3 is 2. The highest BCUT2D eigenvalue weighted by atomic mass is 16.6. The number of allylic oxidation sites excluding steroid dienone is 2. The smallest absolute Gasteiger partial charge is 0.414 e. The monoisotopic (exact) mass is 483 g/mol. The first-order valence-corrected chi connectivity index (χ1v) is 10.7. The van der Waals surface area contributed by atoms with Crippen LogP contribution < -0.4 is 18.9 Å². The van der Waals surface area contributed by atoms with Gasteiger partial charge in [0, 0.05) is 14.1 Å². The van der Waals surface area contributed by atoms with Gasteiger partial charge in [0.1, 0.15) is 6.61 Å². The van der Waals surface area contributed by atoms with Crippen molar-refractivity contribution in [3.63, 3.8) is 0 Å². The van der Waals surface area contributed by atoms with Gasteiger partial charge in [0.05, 0.1) is 27.2 Å². The summed E-state index contributed by atoms with van der Waals surface area (Å²) in [5.74, 6) is 0.794. The number of amides is 1. The van der Waals surface area contributed by atoms with Crippen molar-refractivity contribution in [3.8, 4) is 23.0 Å². The molecule has 0 aromatic heterocycles. The Kier molecular flexibility index (Phi) is 10.5. The molecule has 0 aliphatic heterocycles. The van der Waals surface area contributed by atoms with Crippen LogP contribution in [0.4, 0.5) is 4.79 Å². The maximum atomic E-state index is 12.2. The number of nitrogens with zero attached hydrogens (tertiary/aromatic N) is 1. The first-order valence-electron chi connectivity index (χ1n) is 10.7. The van der Waals surface area contributed by atoms with Crippen LogP contribution in [0.25, 0.3) is 12.2 Å². The zero-order valence-electron chi connectivity index (χ0n) is 20.1. The average molecular weight is 484 g/mol. The van der Waals surface area contributed by atoms with Crippen molar-refractivity contribution in [2.75, 3.05) is 41.5 Å². The first kappa shape index (κ1) is 27.1. The number of aliphatic hydroxyl groups excluding tert-OH is 1. The van der Waals surface area contributed by atoms with Gasteiger partial charge in [-0.15, -0.1) is 0 Å². The molecule has 0 bridgehead atoms. The minimum atomic E-state index is -0.544. The summed E-state index contributed by atoms with van der Waals surface area (Å²) in [6, 6.07) is 9.93. The van der Waals surface area contributed by atoms with Gasteiger partial charge in [0.25, 0.3) is 0 Å². The molecule has 0 heterocycles. The molecule has 1 N–H and O–H groups in total. The van der Waals surface area contributed by atoms with Gasteiger partial charge in [-0.3, -0.25) is 9.59 Å².